The van der Waals surface area contributed by atoms with Crippen molar-refractivity contribution in [3.8, 4) is 0 Å². The van der Waals surface area contributed by atoms with Gasteiger partial charge in [-0.25, -0.2) is 4.79 Å². The molecule has 126 valence electrons. The summed E-state index contributed by atoms with van der Waals surface area (Å²) in [5.74, 6) is -0.887. The molecule has 0 saturated heterocycles. The molecule has 24 heavy (non-hydrogen) atoms. The molecular formula is C18H18O5S. The Hall–Kier alpha value is -2.47. The highest BCUT2D eigenvalue weighted by Gasteiger charge is 2.12. The lowest BCUT2D eigenvalue weighted by molar-refractivity contribution is -0.144. The normalized spacial score (nSPS) is 10.2. The van der Waals surface area contributed by atoms with E-state index in [2.05, 4.69) is 4.74 Å². The maximum atomic E-state index is 11.9. The third kappa shape index (κ3) is 5.03. The number of rotatable bonds is 7. The summed E-state index contributed by atoms with van der Waals surface area (Å²) in [6, 6.07) is 10.3. The number of carbonyl (C=O) groups excluding carboxylic acids is 3. The molecular weight excluding hydrogens is 328 g/mol. The lowest BCUT2D eigenvalue weighted by Crippen LogP contribution is -2.08. The van der Waals surface area contributed by atoms with Crippen molar-refractivity contribution in [1.82, 2.24) is 0 Å². The zero-order valence-corrected chi connectivity index (χ0v) is 14.4. The van der Waals surface area contributed by atoms with Crippen LogP contribution in [-0.2, 0) is 20.9 Å². The fourth-order valence-corrected chi connectivity index (χ4v) is 2.85. The lowest BCUT2D eigenvalue weighted by Gasteiger charge is -2.05. The minimum atomic E-state index is -0.423. The van der Waals surface area contributed by atoms with Crippen LogP contribution in [0, 0.1) is 6.92 Å². The molecule has 0 aliphatic carbocycles. The van der Waals surface area contributed by atoms with E-state index in [4.69, 9.17) is 4.74 Å². The molecule has 0 aliphatic heterocycles. The van der Waals surface area contributed by atoms with Crippen molar-refractivity contribution in [1.29, 1.82) is 0 Å². The molecule has 6 heteroatoms. The first-order valence-corrected chi connectivity index (χ1v) is 8.24. The average molecular weight is 346 g/mol. The first-order valence-electron chi connectivity index (χ1n) is 7.42. The zero-order chi connectivity index (χ0) is 17.5. The van der Waals surface area contributed by atoms with Gasteiger partial charge in [0.1, 0.15) is 6.61 Å². The smallest absolute Gasteiger partial charge is 0.337 e. The second-order valence-corrected chi connectivity index (χ2v) is 6.47. The van der Waals surface area contributed by atoms with Crippen molar-refractivity contribution in [2.75, 3.05) is 7.11 Å². The SMILES string of the molecule is COC(=O)c1ccc(COC(=O)CCC(=O)c2ccc(C)s2)cc1. The van der Waals surface area contributed by atoms with E-state index in [1.807, 2.05) is 13.0 Å². The Kier molecular flexibility index (Phi) is 6.26. The Labute approximate surface area is 144 Å². The van der Waals surface area contributed by atoms with Crippen LogP contribution in [-0.4, -0.2) is 24.8 Å². The van der Waals surface area contributed by atoms with Gasteiger partial charge in [0.25, 0.3) is 0 Å². The van der Waals surface area contributed by atoms with E-state index in [1.165, 1.54) is 18.4 Å². The third-order valence-electron chi connectivity index (χ3n) is 3.35. The highest BCUT2D eigenvalue weighted by atomic mass is 32.1. The fraction of sp³-hybridized carbons (Fsp3) is 0.278. The number of ketones is 1. The van der Waals surface area contributed by atoms with Gasteiger partial charge in [-0.15, -0.1) is 11.3 Å². The van der Waals surface area contributed by atoms with E-state index in [1.54, 1.807) is 30.3 Å². The molecule has 0 bridgehead atoms. The molecule has 0 unspecified atom stereocenters. The van der Waals surface area contributed by atoms with E-state index in [0.717, 1.165) is 10.4 Å². The summed E-state index contributed by atoms with van der Waals surface area (Å²) in [6.45, 7) is 2.04. The Bertz CT molecular complexity index is 730. The van der Waals surface area contributed by atoms with E-state index in [-0.39, 0.29) is 25.2 Å². The topological polar surface area (TPSA) is 69.7 Å². The van der Waals surface area contributed by atoms with Crippen LogP contribution < -0.4 is 0 Å². The third-order valence-corrected chi connectivity index (χ3v) is 4.39. The molecule has 5 nitrogen and oxygen atoms in total. The maximum absolute atomic E-state index is 11.9. The highest BCUT2D eigenvalue weighted by molar-refractivity contribution is 7.14. The summed E-state index contributed by atoms with van der Waals surface area (Å²) >= 11 is 1.42. The standard InChI is InChI=1S/C18H18O5S/c1-12-3-9-16(24-12)15(19)8-10-17(20)23-11-13-4-6-14(7-5-13)18(21)22-2/h3-7,9H,8,10-11H2,1-2H3. The van der Waals surface area contributed by atoms with Crippen molar-refractivity contribution >= 4 is 29.1 Å². The van der Waals surface area contributed by atoms with E-state index >= 15 is 0 Å². The van der Waals surface area contributed by atoms with Crippen LogP contribution in [0.5, 0.6) is 0 Å². The Morgan fingerprint density at radius 1 is 1.00 bits per heavy atom. The quantitative estimate of drug-likeness (QED) is 0.566. The number of benzene rings is 1. The largest absolute Gasteiger partial charge is 0.465 e. The fourth-order valence-electron chi connectivity index (χ4n) is 2.01. The van der Waals surface area contributed by atoms with Gasteiger partial charge in [0.05, 0.1) is 24.0 Å². The maximum Gasteiger partial charge on any atom is 0.337 e. The minimum Gasteiger partial charge on any atom is -0.465 e. The number of methoxy groups -OCH3 is 1. The van der Waals surface area contributed by atoms with Crippen LogP contribution in [0.15, 0.2) is 36.4 Å². The van der Waals surface area contributed by atoms with Gasteiger partial charge in [0.2, 0.25) is 0 Å². The zero-order valence-electron chi connectivity index (χ0n) is 13.5. The van der Waals surface area contributed by atoms with Gasteiger partial charge < -0.3 is 9.47 Å². The number of hydrogen-bond donors (Lipinski definition) is 0. The molecule has 0 fully saturated rings. The molecule has 2 aromatic rings. The van der Waals surface area contributed by atoms with E-state index in [0.29, 0.717) is 10.4 Å². The van der Waals surface area contributed by atoms with Crippen molar-refractivity contribution in [2.45, 2.75) is 26.4 Å². The van der Waals surface area contributed by atoms with Gasteiger partial charge in [-0.3, -0.25) is 9.59 Å². The van der Waals surface area contributed by atoms with Crippen LogP contribution in [0.3, 0.4) is 0 Å². The molecule has 0 N–H and O–H groups in total. The first kappa shape index (κ1) is 17.9. The van der Waals surface area contributed by atoms with Crippen LogP contribution in [0.4, 0.5) is 0 Å². The van der Waals surface area contributed by atoms with Gasteiger partial charge in [0.15, 0.2) is 5.78 Å². The molecule has 1 aromatic carbocycles. The summed E-state index contributed by atoms with van der Waals surface area (Å²) in [5, 5.41) is 0. The summed E-state index contributed by atoms with van der Waals surface area (Å²) < 4.78 is 9.75. The second kappa shape index (κ2) is 8.40. The summed E-state index contributed by atoms with van der Waals surface area (Å²) in [5.41, 5.74) is 1.20. The Balaban J connectivity index is 1.76. The molecule has 2 rings (SSSR count). The van der Waals surface area contributed by atoms with Gasteiger partial charge in [-0.2, -0.15) is 0 Å². The molecule has 0 radical (unpaired) electrons. The molecule has 1 heterocycles. The summed E-state index contributed by atoms with van der Waals surface area (Å²) in [4.78, 5) is 36.7. The van der Waals surface area contributed by atoms with Gasteiger partial charge in [-0.05, 0) is 36.8 Å². The van der Waals surface area contributed by atoms with Crippen molar-refractivity contribution in [3.63, 3.8) is 0 Å². The Morgan fingerprint density at radius 3 is 2.29 bits per heavy atom. The number of aryl methyl sites for hydroxylation is 1. The van der Waals surface area contributed by atoms with E-state index in [9.17, 15) is 14.4 Å². The number of thiophene rings is 1. The number of hydrogen-bond acceptors (Lipinski definition) is 6. The number of esters is 2. The van der Waals surface area contributed by atoms with Gasteiger partial charge in [0, 0.05) is 11.3 Å². The monoisotopic (exact) mass is 346 g/mol. The van der Waals surface area contributed by atoms with Crippen LogP contribution in [0.2, 0.25) is 0 Å². The molecule has 1 aromatic heterocycles. The van der Waals surface area contributed by atoms with Crippen LogP contribution in [0.1, 0.15) is 43.3 Å². The van der Waals surface area contributed by atoms with Crippen LogP contribution >= 0.6 is 11.3 Å². The molecule has 0 atom stereocenters. The number of ether oxygens (including phenoxy) is 2. The minimum absolute atomic E-state index is 0.0486. The average Bonchev–Trinajstić information content (AvgIpc) is 3.04. The summed E-state index contributed by atoms with van der Waals surface area (Å²) in [7, 11) is 1.32. The van der Waals surface area contributed by atoms with Crippen LogP contribution in [0.25, 0.3) is 0 Å². The predicted octanol–water partition coefficient (Wildman–Crippen LogP) is 3.55. The molecule has 0 amide bonds. The number of carbonyl (C=O) groups is 3. The van der Waals surface area contributed by atoms with Crippen molar-refractivity contribution in [2.24, 2.45) is 0 Å². The first-order chi connectivity index (χ1) is 11.5. The highest BCUT2D eigenvalue weighted by Crippen LogP contribution is 2.17. The lowest BCUT2D eigenvalue weighted by atomic mass is 10.1. The molecule has 0 saturated carbocycles. The van der Waals surface area contributed by atoms with Crippen molar-refractivity contribution < 1.29 is 23.9 Å². The Morgan fingerprint density at radius 2 is 1.71 bits per heavy atom. The molecule has 0 spiro atoms. The van der Waals surface area contributed by atoms with Gasteiger partial charge in [-0.1, -0.05) is 12.1 Å². The van der Waals surface area contributed by atoms with Gasteiger partial charge >= 0.3 is 11.9 Å². The van der Waals surface area contributed by atoms with Crippen molar-refractivity contribution in [3.05, 3.63) is 57.3 Å². The molecule has 0 aliphatic rings. The van der Waals surface area contributed by atoms with E-state index < -0.39 is 11.9 Å². The second-order valence-electron chi connectivity index (χ2n) is 5.18. The predicted molar refractivity (Wildman–Crippen MR) is 90.2 cm³/mol. The summed E-state index contributed by atoms with van der Waals surface area (Å²) in [6.07, 6.45) is 0.191. The number of Topliss-reactive ketones (excluding diaryl/α,β-unsaturated/α-hetero) is 1.